The summed E-state index contributed by atoms with van der Waals surface area (Å²) in [6, 6.07) is 2.46. The van der Waals surface area contributed by atoms with Crippen LogP contribution in [0.3, 0.4) is 0 Å². The molecule has 3 nitrogen and oxygen atoms in total. The number of halogens is 2. The van der Waals surface area contributed by atoms with Crippen LogP contribution in [0.25, 0.3) is 0 Å². The molecule has 2 N–H and O–H groups in total. The summed E-state index contributed by atoms with van der Waals surface area (Å²) in [6.45, 7) is 5.54. The Labute approximate surface area is 118 Å². The molecule has 1 amide bonds. The van der Waals surface area contributed by atoms with Crippen LogP contribution in [-0.4, -0.2) is 23.9 Å². The Balaban J connectivity index is 2.83. The minimum absolute atomic E-state index is 0.166. The van der Waals surface area contributed by atoms with Crippen LogP contribution in [0, 0.1) is 17.6 Å². The van der Waals surface area contributed by atoms with Crippen molar-refractivity contribution in [2.75, 3.05) is 7.05 Å². The van der Waals surface area contributed by atoms with Gasteiger partial charge in [0.15, 0.2) is 0 Å². The van der Waals surface area contributed by atoms with Crippen molar-refractivity contribution in [3.05, 3.63) is 35.4 Å². The smallest absolute Gasteiger partial charge is 0.224 e. The standard InChI is InChI=1S/C15H22F2N2O/c1-9(2)14(18)8-15(20)19(4)10(3)12-7-11(16)5-6-13(12)17/h5-7,9-10,14H,8,18H2,1-4H3. The quantitative estimate of drug-likeness (QED) is 0.903. The van der Waals surface area contributed by atoms with Crippen LogP contribution in [-0.2, 0) is 4.79 Å². The highest BCUT2D eigenvalue weighted by molar-refractivity contribution is 5.77. The first-order valence-electron chi connectivity index (χ1n) is 6.70. The van der Waals surface area contributed by atoms with Crippen LogP contribution in [0.4, 0.5) is 8.78 Å². The fraction of sp³-hybridized carbons (Fsp3) is 0.533. The van der Waals surface area contributed by atoms with Crippen LogP contribution < -0.4 is 5.73 Å². The summed E-state index contributed by atoms with van der Waals surface area (Å²) in [5.41, 5.74) is 6.03. The predicted molar refractivity (Wildman–Crippen MR) is 75.0 cm³/mol. The van der Waals surface area contributed by atoms with E-state index in [2.05, 4.69) is 0 Å². The Kier molecular flexibility index (Phi) is 5.62. The van der Waals surface area contributed by atoms with Gasteiger partial charge in [-0.2, -0.15) is 0 Å². The van der Waals surface area contributed by atoms with E-state index in [1.54, 1.807) is 14.0 Å². The maximum atomic E-state index is 13.7. The molecule has 1 rings (SSSR count). The number of rotatable bonds is 5. The zero-order valence-corrected chi connectivity index (χ0v) is 12.4. The zero-order chi connectivity index (χ0) is 15.4. The molecule has 0 aliphatic heterocycles. The highest BCUT2D eigenvalue weighted by Gasteiger charge is 2.23. The molecule has 1 aromatic carbocycles. The van der Waals surface area contributed by atoms with Gasteiger partial charge < -0.3 is 10.6 Å². The highest BCUT2D eigenvalue weighted by atomic mass is 19.1. The topological polar surface area (TPSA) is 46.3 Å². The largest absolute Gasteiger partial charge is 0.339 e. The third-order valence-electron chi connectivity index (χ3n) is 3.65. The SMILES string of the molecule is CC(C)C(N)CC(=O)N(C)C(C)c1cc(F)ccc1F. The van der Waals surface area contributed by atoms with E-state index in [1.807, 2.05) is 13.8 Å². The lowest BCUT2D eigenvalue weighted by Gasteiger charge is -2.27. The van der Waals surface area contributed by atoms with Gasteiger partial charge in [-0.1, -0.05) is 13.8 Å². The Morgan fingerprint density at radius 1 is 1.30 bits per heavy atom. The molecule has 0 radical (unpaired) electrons. The molecule has 112 valence electrons. The number of nitrogens with zero attached hydrogens (tertiary/aromatic N) is 1. The van der Waals surface area contributed by atoms with Crippen molar-refractivity contribution in [3.8, 4) is 0 Å². The molecule has 0 spiro atoms. The van der Waals surface area contributed by atoms with Crippen molar-refractivity contribution in [1.29, 1.82) is 0 Å². The number of carbonyl (C=O) groups is 1. The van der Waals surface area contributed by atoms with Crippen LogP contribution in [0.5, 0.6) is 0 Å². The molecule has 2 atom stereocenters. The predicted octanol–water partition coefficient (Wildman–Crippen LogP) is 2.86. The van der Waals surface area contributed by atoms with Crippen molar-refractivity contribution < 1.29 is 13.6 Å². The van der Waals surface area contributed by atoms with Crippen LogP contribution in [0.2, 0.25) is 0 Å². The Bertz CT molecular complexity index is 477. The molecule has 0 aliphatic rings. The number of amides is 1. The zero-order valence-electron chi connectivity index (χ0n) is 12.4. The van der Waals surface area contributed by atoms with Gasteiger partial charge in [0.1, 0.15) is 11.6 Å². The summed E-state index contributed by atoms with van der Waals surface area (Å²) < 4.78 is 26.9. The van der Waals surface area contributed by atoms with Crippen LogP contribution in [0.15, 0.2) is 18.2 Å². The molecule has 1 aromatic rings. The van der Waals surface area contributed by atoms with Crippen molar-refractivity contribution in [3.63, 3.8) is 0 Å². The molecule has 0 saturated heterocycles. The van der Waals surface area contributed by atoms with E-state index in [0.717, 1.165) is 18.2 Å². The number of hydrogen-bond donors (Lipinski definition) is 1. The van der Waals surface area contributed by atoms with Gasteiger partial charge >= 0.3 is 0 Å². The van der Waals surface area contributed by atoms with Crippen molar-refractivity contribution >= 4 is 5.91 Å². The fourth-order valence-electron chi connectivity index (χ4n) is 1.84. The lowest BCUT2D eigenvalue weighted by atomic mass is 10.0. The van der Waals surface area contributed by atoms with Gasteiger partial charge in [-0.05, 0) is 31.0 Å². The second kappa shape index (κ2) is 6.79. The highest BCUT2D eigenvalue weighted by Crippen LogP contribution is 2.23. The summed E-state index contributed by atoms with van der Waals surface area (Å²) in [7, 11) is 1.57. The molecular weight excluding hydrogens is 262 g/mol. The Morgan fingerprint density at radius 2 is 1.90 bits per heavy atom. The molecule has 0 fully saturated rings. The van der Waals surface area contributed by atoms with Gasteiger partial charge in [-0.3, -0.25) is 4.79 Å². The fourth-order valence-corrected chi connectivity index (χ4v) is 1.84. The van der Waals surface area contributed by atoms with E-state index in [4.69, 9.17) is 5.73 Å². The molecule has 2 unspecified atom stereocenters. The molecule has 20 heavy (non-hydrogen) atoms. The van der Waals surface area contributed by atoms with Gasteiger partial charge in [0, 0.05) is 25.1 Å². The van der Waals surface area contributed by atoms with Crippen LogP contribution >= 0.6 is 0 Å². The molecule has 0 bridgehead atoms. The van der Waals surface area contributed by atoms with E-state index >= 15 is 0 Å². The van der Waals surface area contributed by atoms with Crippen molar-refractivity contribution in [2.24, 2.45) is 11.7 Å². The Morgan fingerprint density at radius 3 is 2.45 bits per heavy atom. The maximum absolute atomic E-state index is 13.7. The van der Waals surface area contributed by atoms with E-state index < -0.39 is 17.7 Å². The lowest BCUT2D eigenvalue weighted by Crippen LogP contribution is -2.37. The van der Waals surface area contributed by atoms with Crippen molar-refractivity contribution in [1.82, 2.24) is 4.90 Å². The number of carbonyl (C=O) groups excluding carboxylic acids is 1. The molecular formula is C15H22F2N2O. The number of nitrogens with two attached hydrogens (primary N) is 1. The first-order valence-corrected chi connectivity index (χ1v) is 6.70. The first-order chi connectivity index (χ1) is 9.23. The van der Waals surface area contributed by atoms with E-state index in [0.29, 0.717) is 0 Å². The van der Waals surface area contributed by atoms with Crippen LogP contribution in [0.1, 0.15) is 38.8 Å². The average molecular weight is 284 g/mol. The lowest BCUT2D eigenvalue weighted by molar-refractivity contribution is -0.132. The minimum Gasteiger partial charge on any atom is -0.339 e. The summed E-state index contributed by atoms with van der Waals surface area (Å²) in [5, 5.41) is 0. The van der Waals surface area contributed by atoms with Crippen molar-refractivity contribution in [2.45, 2.75) is 39.3 Å². The molecule has 0 aliphatic carbocycles. The Hall–Kier alpha value is -1.49. The van der Waals surface area contributed by atoms with E-state index in [9.17, 15) is 13.6 Å². The maximum Gasteiger partial charge on any atom is 0.224 e. The van der Waals surface area contributed by atoms with E-state index in [-0.39, 0.29) is 29.9 Å². The average Bonchev–Trinajstić information content (AvgIpc) is 2.39. The number of hydrogen-bond acceptors (Lipinski definition) is 2. The molecule has 5 heteroatoms. The third-order valence-corrected chi connectivity index (χ3v) is 3.65. The minimum atomic E-state index is -0.544. The summed E-state index contributed by atoms with van der Waals surface area (Å²) in [4.78, 5) is 13.5. The van der Waals surface area contributed by atoms with Gasteiger partial charge in [0.05, 0.1) is 6.04 Å². The van der Waals surface area contributed by atoms with Gasteiger partial charge in [0.2, 0.25) is 5.91 Å². The van der Waals surface area contributed by atoms with Gasteiger partial charge in [0.25, 0.3) is 0 Å². The molecule has 0 saturated carbocycles. The first kappa shape index (κ1) is 16.6. The second-order valence-electron chi connectivity index (χ2n) is 5.46. The van der Waals surface area contributed by atoms with E-state index in [1.165, 1.54) is 4.90 Å². The normalized spacial score (nSPS) is 14.2. The van der Waals surface area contributed by atoms with Gasteiger partial charge in [-0.15, -0.1) is 0 Å². The third kappa shape index (κ3) is 4.00. The monoisotopic (exact) mass is 284 g/mol. The summed E-state index contributed by atoms with van der Waals surface area (Å²) in [6.07, 6.45) is 0.190. The van der Waals surface area contributed by atoms with Gasteiger partial charge in [-0.25, -0.2) is 8.78 Å². The summed E-state index contributed by atoms with van der Waals surface area (Å²) >= 11 is 0. The second-order valence-corrected chi connectivity index (χ2v) is 5.46. The molecule has 0 aromatic heterocycles. The summed E-state index contributed by atoms with van der Waals surface area (Å²) in [5.74, 6) is -1.03. The molecule has 0 heterocycles. The number of benzene rings is 1.